The number of aliphatic hydroxyl groups is 1. The summed E-state index contributed by atoms with van der Waals surface area (Å²) >= 11 is 1.27. The van der Waals surface area contributed by atoms with Gasteiger partial charge in [0.25, 0.3) is 5.91 Å². The topological polar surface area (TPSA) is 62.0 Å². The molecular formula is C8H14N2O2S. The summed E-state index contributed by atoms with van der Waals surface area (Å²) < 4.78 is 3.61. The first-order valence-corrected chi connectivity index (χ1v) is 5.40. The number of amides is 1. The summed E-state index contributed by atoms with van der Waals surface area (Å²) in [5.74, 6) is -0.0906. The van der Waals surface area contributed by atoms with E-state index in [1.54, 1.807) is 0 Å². The van der Waals surface area contributed by atoms with Crippen LogP contribution < -0.4 is 0 Å². The Balaban J connectivity index is 1.97. The van der Waals surface area contributed by atoms with Gasteiger partial charge in [-0.05, 0) is 12.8 Å². The minimum atomic E-state index is -0.0906. The van der Waals surface area contributed by atoms with Crippen LogP contribution in [-0.2, 0) is 4.79 Å². The molecule has 1 amide bonds. The number of unbranched alkanes of at least 4 members (excludes halogenated alkanes) is 3. The molecule has 1 aliphatic heterocycles. The van der Waals surface area contributed by atoms with E-state index in [-0.39, 0.29) is 17.8 Å². The highest BCUT2D eigenvalue weighted by Gasteiger charge is 2.23. The standard InChI is InChI=1S/C8H14N2O2S/c11-6-4-2-1-3-5-7-8(12)9-10-13-7/h7,11H,1-6H2. The zero-order valence-corrected chi connectivity index (χ0v) is 8.29. The molecule has 0 aliphatic carbocycles. The van der Waals surface area contributed by atoms with Crippen LogP contribution in [0.15, 0.2) is 9.63 Å². The summed E-state index contributed by atoms with van der Waals surface area (Å²) in [6, 6.07) is 0. The molecule has 0 spiro atoms. The van der Waals surface area contributed by atoms with Gasteiger partial charge in [-0.1, -0.05) is 19.3 Å². The molecule has 0 saturated heterocycles. The fourth-order valence-electron chi connectivity index (χ4n) is 1.20. The molecule has 0 aromatic heterocycles. The molecule has 0 aromatic carbocycles. The molecule has 0 saturated carbocycles. The molecule has 1 rings (SSSR count). The number of rotatable bonds is 6. The molecule has 0 fully saturated rings. The first-order valence-electron chi connectivity index (χ1n) is 4.56. The van der Waals surface area contributed by atoms with Crippen molar-refractivity contribution in [1.82, 2.24) is 0 Å². The lowest BCUT2D eigenvalue weighted by Gasteiger charge is -2.02. The fraction of sp³-hybridized carbons (Fsp3) is 0.875. The van der Waals surface area contributed by atoms with Crippen molar-refractivity contribution in [3.05, 3.63) is 0 Å². The van der Waals surface area contributed by atoms with Gasteiger partial charge >= 0.3 is 0 Å². The van der Waals surface area contributed by atoms with Gasteiger partial charge < -0.3 is 5.11 Å². The van der Waals surface area contributed by atoms with Gasteiger partial charge in [0.05, 0.1) is 0 Å². The van der Waals surface area contributed by atoms with E-state index in [2.05, 4.69) is 9.63 Å². The molecule has 74 valence electrons. The minimum absolute atomic E-state index is 0.0332. The van der Waals surface area contributed by atoms with E-state index in [0.717, 1.165) is 32.1 Å². The lowest BCUT2D eigenvalue weighted by Crippen LogP contribution is -2.09. The Bertz CT molecular complexity index is 197. The van der Waals surface area contributed by atoms with Crippen LogP contribution in [0.4, 0.5) is 0 Å². The van der Waals surface area contributed by atoms with Gasteiger partial charge in [-0.2, -0.15) is 0 Å². The third kappa shape index (κ3) is 3.87. The van der Waals surface area contributed by atoms with E-state index >= 15 is 0 Å². The van der Waals surface area contributed by atoms with Gasteiger partial charge in [0.1, 0.15) is 5.25 Å². The summed E-state index contributed by atoms with van der Waals surface area (Å²) in [7, 11) is 0. The number of hydrogen-bond acceptors (Lipinski definition) is 4. The third-order valence-electron chi connectivity index (χ3n) is 1.96. The third-order valence-corrected chi connectivity index (χ3v) is 2.83. The van der Waals surface area contributed by atoms with Crippen molar-refractivity contribution in [2.24, 2.45) is 9.63 Å². The Morgan fingerprint density at radius 3 is 2.69 bits per heavy atom. The second-order valence-corrected chi connectivity index (χ2v) is 3.98. The van der Waals surface area contributed by atoms with Gasteiger partial charge in [-0.3, -0.25) is 4.79 Å². The van der Waals surface area contributed by atoms with Crippen molar-refractivity contribution in [3.8, 4) is 0 Å². The first kappa shape index (κ1) is 10.7. The first-order chi connectivity index (χ1) is 6.34. The fourth-order valence-corrected chi connectivity index (χ4v) is 1.85. The van der Waals surface area contributed by atoms with Crippen LogP contribution in [0.3, 0.4) is 0 Å². The molecule has 0 radical (unpaired) electrons. The Morgan fingerprint density at radius 1 is 1.31 bits per heavy atom. The summed E-state index contributed by atoms with van der Waals surface area (Å²) in [4.78, 5) is 11.0. The predicted molar refractivity (Wildman–Crippen MR) is 51.4 cm³/mol. The zero-order chi connectivity index (χ0) is 9.52. The van der Waals surface area contributed by atoms with Crippen LogP contribution in [0, 0.1) is 0 Å². The number of aliphatic hydroxyl groups excluding tert-OH is 1. The van der Waals surface area contributed by atoms with E-state index in [0.29, 0.717) is 0 Å². The Morgan fingerprint density at radius 2 is 2.08 bits per heavy atom. The molecule has 0 bridgehead atoms. The second kappa shape index (κ2) is 6.10. The maximum absolute atomic E-state index is 11.0. The second-order valence-electron chi connectivity index (χ2n) is 3.04. The summed E-state index contributed by atoms with van der Waals surface area (Å²) in [6.07, 6.45) is 4.86. The average Bonchev–Trinajstić information content (AvgIpc) is 2.52. The van der Waals surface area contributed by atoms with Crippen LogP contribution in [-0.4, -0.2) is 22.9 Å². The number of carbonyl (C=O) groups excluding carboxylic acids is 1. The highest BCUT2D eigenvalue weighted by Crippen LogP contribution is 2.26. The van der Waals surface area contributed by atoms with Gasteiger partial charge in [-0.25, -0.2) is 0 Å². The molecule has 4 nitrogen and oxygen atoms in total. The van der Waals surface area contributed by atoms with E-state index in [1.165, 1.54) is 11.9 Å². The normalized spacial score (nSPS) is 21.3. The van der Waals surface area contributed by atoms with Crippen molar-refractivity contribution in [3.63, 3.8) is 0 Å². The van der Waals surface area contributed by atoms with Gasteiger partial charge in [0.2, 0.25) is 0 Å². The lowest BCUT2D eigenvalue weighted by atomic mass is 10.1. The number of carbonyl (C=O) groups is 1. The van der Waals surface area contributed by atoms with Crippen molar-refractivity contribution in [2.75, 3.05) is 6.61 Å². The minimum Gasteiger partial charge on any atom is -0.396 e. The van der Waals surface area contributed by atoms with Crippen molar-refractivity contribution in [1.29, 1.82) is 0 Å². The smallest absolute Gasteiger partial charge is 0.280 e. The largest absolute Gasteiger partial charge is 0.396 e. The molecule has 5 heteroatoms. The average molecular weight is 202 g/mol. The highest BCUT2D eigenvalue weighted by molar-refractivity contribution is 7.99. The summed E-state index contributed by atoms with van der Waals surface area (Å²) in [5, 5.41) is 11.9. The molecule has 1 atom stereocenters. The van der Waals surface area contributed by atoms with E-state index in [4.69, 9.17) is 5.11 Å². The molecule has 13 heavy (non-hydrogen) atoms. The van der Waals surface area contributed by atoms with E-state index in [1.807, 2.05) is 0 Å². The monoisotopic (exact) mass is 202 g/mol. The van der Waals surface area contributed by atoms with Gasteiger partial charge in [-0.15, -0.1) is 9.63 Å². The van der Waals surface area contributed by atoms with Crippen LogP contribution in [0.1, 0.15) is 32.1 Å². The highest BCUT2D eigenvalue weighted by atomic mass is 32.2. The SMILES string of the molecule is O=C1N=NSC1CCCCCCO. The molecule has 1 N–H and O–H groups in total. The molecule has 1 unspecified atom stereocenters. The van der Waals surface area contributed by atoms with Crippen LogP contribution in [0.25, 0.3) is 0 Å². The van der Waals surface area contributed by atoms with Crippen molar-refractivity contribution >= 4 is 17.9 Å². The quantitative estimate of drug-likeness (QED) is 0.529. The van der Waals surface area contributed by atoms with Crippen LogP contribution >= 0.6 is 11.9 Å². The summed E-state index contributed by atoms with van der Waals surface area (Å²) in [6.45, 7) is 0.266. The summed E-state index contributed by atoms with van der Waals surface area (Å²) in [5.41, 5.74) is 0. The van der Waals surface area contributed by atoms with E-state index < -0.39 is 0 Å². The number of nitrogens with zero attached hydrogens (tertiary/aromatic N) is 2. The van der Waals surface area contributed by atoms with Crippen LogP contribution in [0.2, 0.25) is 0 Å². The van der Waals surface area contributed by atoms with Crippen molar-refractivity contribution in [2.45, 2.75) is 37.4 Å². The lowest BCUT2D eigenvalue weighted by molar-refractivity contribution is -0.117. The number of hydrogen-bond donors (Lipinski definition) is 1. The van der Waals surface area contributed by atoms with Crippen molar-refractivity contribution < 1.29 is 9.90 Å². The zero-order valence-electron chi connectivity index (χ0n) is 7.48. The van der Waals surface area contributed by atoms with Gasteiger partial charge in [0, 0.05) is 18.6 Å². The molecule has 0 aromatic rings. The maximum atomic E-state index is 11.0. The Labute approximate surface area is 81.9 Å². The molecular weight excluding hydrogens is 188 g/mol. The Kier molecular flexibility index (Phi) is 5.00. The van der Waals surface area contributed by atoms with Gasteiger partial charge in [0.15, 0.2) is 0 Å². The maximum Gasteiger partial charge on any atom is 0.280 e. The van der Waals surface area contributed by atoms with E-state index in [9.17, 15) is 4.79 Å². The Hall–Kier alpha value is -0.420. The van der Waals surface area contributed by atoms with Crippen LogP contribution in [0.5, 0.6) is 0 Å². The molecule has 1 aliphatic rings. The predicted octanol–water partition coefficient (Wildman–Crippen LogP) is 1.94. The molecule has 1 heterocycles.